The molecule has 21 heavy (non-hydrogen) atoms. The molecule has 2 aromatic rings. The van der Waals surface area contributed by atoms with E-state index in [1.54, 1.807) is 0 Å². The van der Waals surface area contributed by atoms with E-state index >= 15 is 0 Å². The molecule has 0 amide bonds. The van der Waals surface area contributed by atoms with Gasteiger partial charge in [-0.25, -0.2) is 0 Å². The van der Waals surface area contributed by atoms with Crippen LogP contribution >= 0.6 is 0 Å². The lowest BCUT2D eigenvalue weighted by Gasteiger charge is -2.32. The maximum absolute atomic E-state index is 11.4. The minimum atomic E-state index is -0.468. The molecule has 108 valence electrons. The lowest BCUT2D eigenvalue weighted by Crippen LogP contribution is -2.47. The molecule has 0 spiro atoms. The number of hydrogen-bond donors (Lipinski definition) is 2. The molecular formula is C18H20N2O. The van der Waals surface area contributed by atoms with Crippen LogP contribution in [0.5, 0.6) is 0 Å². The first-order valence-electron chi connectivity index (χ1n) is 7.44. The van der Waals surface area contributed by atoms with Gasteiger partial charge in [0.25, 0.3) is 0 Å². The average molecular weight is 280 g/mol. The Labute approximate surface area is 125 Å². The molecule has 1 heterocycles. The second kappa shape index (κ2) is 5.80. The molecular weight excluding hydrogens is 260 g/mol. The molecule has 1 aliphatic heterocycles. The van der Waals surface area contributed by atoms with Crippen molar-refractivity contribution in [3.63, 3.8) is 0 Å². The summed E-state index contributed by atoms with van der Waals surface area (Å²) in [6.07, 6.45) is 1.96. The summed E-state index contributed by atoms with van der Waals surface area (Å²) < 4.78 is 0. The van der Waals surface area contributed by atoms with E-state index in [1.165, 1.54) is 5.56 Å². The van der Waals surface area contributed by atoms with Gasteiger partial charge in [-0.3, -0.25) is 15.4 Å². The second-order valence-electron chi connectivity index (χ2n) is 5.36. The molecule has 0 bridgehead atoms. The Morgan fingerprint density at radius 3 is 2.33 bits per heavy atom. The minimum absolute atomic E-state index is 0.468. The van der Waals surface area contributed by atoms with Crippen LogP contribution in [0.3, 0.4) is 0 Å². The van der Waals surface area contributed by atoms with Crippen LogP contribution in [0.1, 0.15) is 34.0 Å². The number of nitrogens with one attached hydrogen (secondary N) is 2. The maximum atomic E-state index is 11.4. The lowest BCUT2D eigenvalue weighted by atomic mass is 9.88. The molecule has 2 aromatic carbocycles. The van der Waals surface area contributed by atoms with Crippen molar-refractivity contribution in [1.29, 1.82) is 0 Å². The highest BCUT2D eigenvalue weighted by atomic mass is 16.1. The Hall–Kier alpha value is -1.97. The van der Waals surface area contributed by atoms with Crippen LogP contribution in [0.4, 0.5) is 0 Å². The van der Waals surface area contributed by atoms with Gasteiger partial charge >= 0.3 is 0 Å². The standard InChI is InChI=1S/C18H20N2O/c1-2-14-7-9-16(10-8-14)18(19-11-12-20-18)17-6-4-3-5-15(17)13-21/h3-10,13,19-20H,2,11-12H2,1H3. The third kappa shape index (κ3) is 2.39. The second-order valence-corrected chi connectivity index (χ2v) is 5.36. The van der Waals surface area contributed by atoms with Crippen molar-refractivity contribution in [2.24, 2.45) is 0 Å². The number of rotatable bonds is 4. The molecule has 2 N–H and O–H groups in total. The van der Waals surface area contributed by atoms with Crippen molar-refractivity contribution >= 4 is 6.29 Å². The Kier molecular flexibility index (Phi) is 3.86. The summed E-state index contributed by atoms with van der Waals surface area (Å²) in [5.41, 5.74) is 3.70. The largest absolute Gasteiger partial charge is 0.298 e. The van der Waals surface area contributed by atoms with Gasteiger partial charge in [-0.2, -0.15) is 0 Å². The van der Waals surface area contributed by atoms with Gasteiger partial charge in [-0.1, -0.05) is 55.5 Å². The lowest BCUT2D eigenvalue weighted by molar-refractivity contribution is 0.112. The summed E-state index contributed by atoms with van der Waals surface area (Å²) in [5, 5.41) is 7.09. The van der Waals surface area contributed by atoms with E-state index in [1.807, 2.05) is 24.3 Å². The summed E-state index contributed by atoms with van der Waals surface area (Å²) in [6.45, 7) is 3.91. The number of benzene rings is 2. The minimum Gasteiger partial charge on any atom is -0.298 e. The first kappa shape index (κ1) is 14.0. The number of carbonyl (C=O) groups excluding carboxylic acids is 1. The zero-order valence-electron chi connectivity index (χ0n) is 12.2. The van der Waals surface area contributed by atoms with Crippen LogP contribution in [-0.2, 0) is 12.1 Å². The number of hydrogen-bond acceptors (Lipinski definition) is 3. The molecule has 3 nitrogen and oxygen atoms in total. The van der Waals surface area contributed by atoms with Crippen LogP contribution in [0, 0.1) is 0 Å². The molecule has 3 heteroatoms. The summed E-state index contributed by atoms with van der Waals surface area (Å²) in [4.78, 5) is 11.4. The third-order valence-corrected chi connectivity index (χ3v) is 4.19. The van der Waals surface area contributed by atoms with Gasteiger partial charge in [0.2, 0.25) is 0 Å². The van der Waals surface area contributed by atoms with Crippen molar-refractivity contribution < 1.29 is 4.79 Å². The van der Waals surface area contributed by atoms with Crippen LogP contribution in [0.2, 0.25) is 0 Å². The Morgan fingerprint density at radius 1 is 1.05 bits per heavy atom. The molecule has 0 radical (unpaired) electrons. The van der Waals surface area contributed by atoms with E-state index in [-0.39, 0.29) is 0 Å². The van der Waals surface area contributed by atoms with Gasteiger partial charge in [0.15, 0.2) is 0 Å². The molecule has 1 saturated heterocycles. The van der Waals surface area contributed by atoms with E-state index < -0.39 is 5.66 Å². The summed E-state index contributed by atoms with van der Waals surface area (Å²) in [6, 6.07) is 16.4. The monoisotopic (exact) mass is 280 g/mol. The SMILES string of the molecule is CCc1ccc(C2(c3ccccc3C=O)NCCN2)cc1. The molecule has 3 rings (SSSR count). The van der Waals surface area contributed by atoms with E-state index in [0.717, 1.165) is 42.5 Å². The van der Waals surface area contributed by atoms with E-state index in [4.69, 9.17) is 0 Å². The van der Waals surface area contributed by atoms with Crippen molar-refractivity contribution in [3.8, 4) is 0 Å². The van der Waals surface area contributed by atoms with E-state index in [2.05, 4.69) is 41.8 Å². The molecule has 1 fully saturated rings. The first-order chi connectivity index (χ1) is 10.3. The Balaban J connectivity index is 2.13. The van der Waals surface area contributed by atoms with E-state index in [9.17, 15) is 4.79 Å². The first-order valence-corrected chi connectivity index (χ1v) is 7.44. The fourth-order valence-corrected chi connectivity index (χ4v) is 3.04. The van der Waals surface area contributed by atoms with Crippen molar-refractivity contribution in [2.75, 3.05) is 13.1 Å². The quantitative estimate of drug-likeness (QED) is 0.845. The molecule has 1 aliphatic rings. The molecule has 0 aromatic heterocycles. The average Bonchev–Trinajstić information content (AvgIpc) is 3.05. The van der Waals surface area contributed by atoms with Crippen LogP contribution in [-0.4, -0.2) is 19.4 Å². The molecule has 0 aliphatic carbocycles. The van der Waals surface area contributed by atoms with Gasteiger partial charge < -0.3 is 0 Å². The normalized spacial score (nSPS) is 16.8. The number of aryl methyl sites for hydroxylation is 1. The Morgan fingerprint density at radius 2 is 1.71 bits per heavy atom. The maximum Gasteiger partial charge on any atom is 0.150 e. The van der Waals surface area contributed by atoms with Crippen molar-refractivity contribution in [3.05, 3.63) is 70.8 Å². The molecule has 0 saturated carbocycles. The Bertz CT molecular complexity index is 628. The van der Waals surface area contributed by atoms with Gasteiger partial charge in [0, 0.05) is 24.2 Å². The highest BCUT2D eigenvalue weighted by molar-refractivity contribution is 5.78. The fraction of sp³-hybridized carbons (Fsp3) is 0.278. The number of aldehydes is 1. The van der Waals surface area contributed by atoms with E-state index in [0.29, 0.717) is 0 Å². The highest BCUT2D eigenvalue weighted by Crippen LogP contribution is 2.31. The fourth-order valence-electron chi connectivity index (χ4n) is 3.04. The topological polar surface area (TPSA) is 41.1 Å². The summed E-state index contributed by atoms with van der Waals surface area (Å²) in [7, 11) is 0. The van der Waals surface area contributed by atoms with Crippen LogP contribution < -0.4 is 10.6 Å². The zero-order valence-corrected chi connectivity index (χ0v) is 12.2. The zero-order chi connectivity index (χ0) is 14.7. The third-order valence-electron chi connectivity index (χ3n) is 4.19. The summed E-state index contributed by atoms with van der Waals surface area (Å²) >= 11 is 0. The summed E-state index contributed by atoms with van der Waals surface area (Å²) in [5.74, 6) is 0. The smallest absolute Gasteiger partial charge is 0.150 e. The van der Waals surface area contributed by atoms with Gasteiger partial charge in [-0.15, -0.1) is 0 Å². The van der Waals surface area contributed by atoms with Crippen LogP contribution in [0.15, 0.2) is 48.5 Å². The predicted octanol–water partition coefficient (Wildman–Crippen LogP) is 2.46. The molecule has 0 unspecified atom stereocenters. The van der Waals surface area contributed by atoms with Crippen molar-refractivity contribution in [2.45, 2.75) is 19.0 Å². The predicted molar refractivity (Wildman–Crippen MR) is 84.4 cm³/mol. The van der Waals surface area contributed by atoms with Gasteiger partial charge in [-0.05, 0) is 17.5 Å². The van der Waals surface area contributed by atoms with Crippen molar-refractivity contribution in [1.82, 2.24) is 10.6 Å². The van der Waals surface area contributed by atoms with Crippen LogP contribution in [0.25, 0.3) is 0 Å². The van der Waals surface area contributed by atoms with Gasteiger partial charge in [0.1, 0.15) is 11.9 Å². The molecule has 0 atom stereocenters. The van der Waals surface area contributed by atoms with Gasteiger partial charge in [0.05, 0.1) is 0 Å². The highest BCUT2D eigenvalue weighted by Gasteiger charge is 2.38. The number of carbonyl (C=O) groups is 1.